The zero-order chi connectivity index (χ0) is 24.7. The van der Waals surface area contributed by atoms with Crippen molar-refractivity contribution < 1.29 is 33.0 Å². The van der Waals surface area contributed by atoms with Gasteiger partial charge in [-0.2, -0.15) is 0 Å². The second-order valence-electron chi connectivity index (χ2n) is 8.17. The van der Waals surface area contributed by atoms with E-state index >= 15 is 0 Å². The predicted octanol–water partition coefficient (Wildman–Crippen LogP) is 4.80. The lowest BCUT2D eigenvalue weighted by molar-refractivity contribution is -0.149. The van der Waals surface area contributed by atoms with Crippen LogP contribution < -0.4 is 9.47 Å². The average molecular weight is 460 g/mol. The molecule has 0 saturated heterocycles. The first-order valence-corrected chi connectivity index (χ1v) is 10.7. The number of hydrogen-bond acceptors (Lipinski definition) is 7. The summed E-state index contributed by atoms with van der Waals surface area (Å²) >= 11 is 0. The minimum atomic E-state index is -0.626. The van der Waals surface area contributed by atoms with Crippen LogP contribution in [0.5, 0.6) is 11.5 Å². The number of carbonyl (C=O) groups is 3. The fraction of sp³-hybridized carbons (Fsp3) is 0.440. The summed E-state index contributed by atoms with van der Waals surface area (Å²) in [6, 6.07) is 6.04. The fourth-order valence-corrected chi connectivity index (χ4v) is 3.87. The number of aryl methyl sites for hydroxylation is 1. The van der Waals surface area contributed by atoms with Gasteiger partial charge < -0.3 is 14.2 Å². The van der Waals surface area contributed by atoms with Crippen molar-refractivity contribution in [2.24, 2.45) is 5.92 Å². The Morgan fingerprint density at radius 1 is 1.09 bits per heavy atom. The van der Waals surface area contributed by atoms with Crippen molar-refractivity contribution in [1.29, 1.82) is 0 Å². The van der Waals surface area contributed by atoms with Crippen LogP contribution in [0.15, 0.2) is 30.5 Å². The van der Waals surface area contributed by atoms with Gasteiger partial charge in [0.05, 0.1) is 13.5 Å². The molecule has 0 radical (unpaired) electrons. The summed E-state index contributed by atoms with van der Waals surface area (Å²) in [5, 5.41) is 0. The molecule has 0 amide bonds. The second-order valence-corrected chi connectivity index (χ2v) is 8.17. The van der Waals surface area contributed by atoms with Crippen LogP contribution >= 0.6 is 0 Å². The number of ketones is 1. The topological polar surface area (TPSA) is 91.8 Å². The molecule has 2 aromatic rings. The normalized spacial score (nSPS) is 12.7. The van der Waals surface area contributed by atoms with Crippen molar-refractivity contribution in [1.82, 2.24) is 4.98 Å². The monoisotopic (exact) mass is 459 g/mol. The predicted molar refractivity (Wildman–Crippen MR) is 120 cm³/mol. The molecule has 0 saturated carbocycles. The number of nitrogens with zero attached hydrogens (tertiary/aromatic N) is 1. The molecule has 0 fully saturated rings. The highest BCUT2D eigenvalue weighted by Gasteiger charge is 2.28. The highest BCUT2D eigenvalue weighted by Crippen LogP contribution is 2.33. The Hall–Kier alpha value is -3.29. The van der Waals surface area contributed by atoms with Gasteiger partial charge in [-0.05, 0) is 43.0 Å². The highest BCUT2D eigenvalue weighted by atomic mass is 19.1. The molecule has 8 heteroatoms. The van der Waals surface area contributed by atoms with E-state index in [1.165, 1.54) is 38.4 Å². The molecule has 178 valence electrons. The Balaban J connectivity index is 2.09. The van der Waals surface area contributed by atoms with Crippen molar-refractivity contribution in [3.05, 3.63) is 53.1 Å². The molecule has 0 unspecified atom stereocenters. The van der Waals surface area contributed by atoms with Crippen LogP contribution in [-0.2, 0) is 14.3 Å². The average Bonchev–Trinajstić information content (AvgIpc) is 2.73. The zero-order valence-corrected chi connectivity index (χ0v) is 19.8. The number of aromatic nitrogens is 1. The molecular formula is C25H30FNO6. The van der Waals surface area contributed by atoms with Crippen molar-refractivity contribution in [3.63, 3.8) is 0 Å². The lowest BCUT2D eigenvalue weighted by Gasteiger charge is -2.29. The van der Waals surface area contributed by atoms with Gasteiger partial charge in [-0.25, -0.2) is 9.37 Å². The van der Waals surface area contributed by atoms with Gasteiger partial charge in [-0.1, -0.05) is 19.9 Å². The summed E-state index contributed by atoms with van der Waals surface area (Å²) in [7, 11) is 1.38. The van der Waals surface area contributed by atoms with Crippen molar-refractivity contribution in [2.75, 3.05) is 7.11 Å². The van der Waals surface area contributed by atoms with Crippen LogP contribution in [0.25, 0.3) is 0 Å². The van der Waals surface area contributed by atoms with E-state index in [4.69, 9.17) is 14.2 Å². The molecule has 33 heavy (non-hydrogen) atoms. The maximum absolute atomic E-state index is 13.5. The number of rotatable bonds is 10. The first-order valence-electron chi connectivity index (χ1n) is 10.7. The first kappa shape index (κ1) is 26.0. The number of Topliss-reactive ketones (excluding diaryl/α,β-unsaturated/α-hetero) is 1. The van der Waals surface area contributed by atoms with Crippen LogP contribution in [0.2, 0.25) is 0 Å². The molecule has 2 rings (SSSR count). The van der Waals surface area contributed by atoms with E-state index < -0.39 is 23.8 Å². The van der Waals surface area contributed by atoms with Crippen molar-refractivity contribution in [3.8, 4) is 11.5 Å². The number of hydrogen-bond donors (Lipinski definition) is 0. The molecule has 0 spiro atoms. The number of pyridine rings is 1. The minimum Gasteiger partial charge on any atom is -0.493 e. The summed E-state index contributed by atoms with van der Waals surface area (Å²) in [4.78, 5) is 40.6. The number of methoxy groups -OCH3 is 1. The Kier molecular flexibility index (Phi) is 9.08. The third-order valence-corrected chi connectivity index (χ3v) is 5.29. The lowest BCUT2D eigenvalue weighted by Crippen LogP contribution is -2.27. The molecule has 0 aliphatic rings. The molecular weight excluding hydrogens is 429 g/mol. The van der Waals surface area contributed by atoms with Crippen molar-refractivity contribution in [2.45, 2.75) is 59.5 Å². The number of halogens is 1. The van der Waals surface area contributed by atoms with Gasteiger partial charge in [0.25, 0.3) is 0 Å². The van der Waals surface area contributed by atoms with Crippen molar-refractivity contribution >= 4 is 17.7 Å². The quantitative estimate of drug-likeness (QED) is 0.372. The highest BCUT2D eigenvalue weighted by molar-refractivity contribution is 5.99. The smallest absolute Gasteiger partial charge is 0.308 e. The molecule has 1 aromatic heterocycles. The second kappa shape index (κ2) is 11.5. The first-order chi connectivity index (χ1) is 15.5. The van der Waals surface area contributed by atoms with Crippen LogP contribution in [0.3, 0.4) is 0 Å². The number of ether oxygens (including phenoxy) is 3. The zero-order valence-electron chi connectivity index (χ0n) is 19.8. The number of benzene rings is 1. The molecule has 1 heterocycles. The van der Waals surface area contributed by atoms with Gasteiger partial charge >= 0.3 is 11.9 Å². The van der Waals surface area contributed by atoms with Crippen LogP contribution in [-0.4, -0.2) is 35.9 Å². The van der Waals surface area contributed by atoms with E-state index in [0.717, 1.165) is 11.1 Å². The van der Waals surface area contributed by atoms with E-state index in [2.05, 4.69) is 4.98 Å². The Morgan fingerprint density at radius 3 is 2.36 bits per heavy atom. The fourth-order valence-electron chi connectivity index (χ4n) is 3.87. The number of esters is 2. The van der Waals surface area contributed by atoms with E-state index in [-0.39, 0.29) is 47.7 Å². The van der Waals surface area contributed by atoms with Gasteiger partial charge in [0.1, 0.15) is 11.9 Å². The SMILES string of the molecule is COc1ccnc(C(=O)CCC(=O)O[C@@H](C)[C@H](c2ccc(F)cc2C)C(C)C)c1OC(C)=O. The maximum atomic E-state index is 13.5. The summed E-state index contributed by atoms with van der Waals surface area (Å²) in [6.07, 6.45) is 0.525. The molecule has 0 aliphatic heterocycles. The Morgan fingerprint density at radius 2 is 1.79 bits per heavy atom. The van der Waals surface area contributed by atoms with Crippen LogP contribution in [0.1, 0.15) is 68.1 Å². The third-order valence-electron chi connectivity index (χ3n) is 5.29. The van der Waals surface area contributed by atoms with Gasteiger partial charge in [-0.15, -0.1) is 0 Å². The van der Waals surface area contributed by atoms with E-state index in [9.17, 15) is 18.8 Å². The maximum Gasteiger partial charge on any atom is 0.308 e. The van der Waals surface area contributed by atoms with Gasteiger partial charge in [-0.3, -0.25) is 14.4 Å². The molecule has 0 bridgehead atoms. The summed E-state index contributed by atoms with van der Waals surface area (Å²) in [5.74, 6) is -1.87. The lowest BCUT2D eigenvalue weighted by atomic mass is 9.82. The number of carbonyl (C=O) groups excluding carboxylic acids is 3. The van der Waals surface area contributed by atoms with Crippen LogP contribution in [0.4, 0.5) is 4.39 Å². The van der Waals surface area contributed by atoms with Gasteiger partial charge in [0.15, 0.2) is 17.2 Å². The van der Waals surface area contributed by atoms with E-state index in [1.54, 1.807) is 13.0 Å². The molecule has 0 aliphatic carbocycles. The summed E-state index contributed by atoms with van der Waals surface area (Å²) in [5.41, 5.74) is 1.61. The minimum absolute atomic E-state index is 0.0779. The summed E-state index contributed by atoms with van der Waals surface area (Å²) in [6.45, 7) is 8.82. The van der Waals surface area contributed by atoms with Gasteiger partial charge in [0.2, 0.25) is 5.75 Å². The van der Waals surface area contributed by atoms with E-state index in [0.29, 0.717) is 0 Å². The third kappa shape index (κ3) is 6.84. The molecule has 1 aromatic carbocycles. The standard InChI is InChI=1S/C25H30FNO6/c1-14(2)23(19-8-7-18(26)13-15(19)3)16(4)32-22(30)10-9-20(29)24-25(33-17(5)28)21(31-6)11-12-27-24/h7-8,11-14,16,23H,9-10H2,1-6H3/t16-,23+/m0/s1. The summed E-state index contributed by atoms with van der Waals surface area (Å²) < 4.78 is 29.4. The van der Waals surface area contributed by atoms with Crippen LogP contribution in [0, 0.1) is 18.7 Å². The van der Waals surface area contributed by atoms with Gasteiger partial charge in [0, 0.05) is 31.5 Å². The molecule has 0 N–H and O–H groups in total. The van der Waals surface area contributed by atoms with E-state index in [1.807, 2.05) is 20.8 Å². The molecule has 7 nitrogen and oxygen atoms in total. The Labute approximate surface area is 193 Å². The largest absolute Gasteiger partial charge is 0.493 e. The molecule has 2 atom stereocenters. The Bertz CT molecular complexity index is 1020.